The summed E-state index contributed by atoms with van der Waals surface area (Å²) in [4.78, 5) is 28.8. The average Bonchev–Trinajstić information content (AvgIpc) is 2.88. The van der Waals surface area contributed by atoms with Crippen molar-refractivity contribution < 1.29 is 31.1 Å². The molecule has 0 spiro atoms. The Hall–Kier alpha value is -3.87. The van der Waals surface area contributed by atoms with E-state index in [1.165, 1.54) is 17.6 Å². The molecular weight excluding hydrogens is 528 g/mol. The van der Waals surface area contributed by atoms with E-state index in [0.29, 0.717) is 31.6 Å². The summed E-state index contributed by atoms with van der Waals surface area (Å²) in [6.45, 7) is 1.64. The second-order valence-electron chi connectivity index (χ2n) is 9.28. The molecule has 4 heterocycles. The maximum Gasteiger partial charge on any atom is 0.416 e. The zero-order chi connectivity index (χ0) is 28.1. The zero-order valence-corrected chi connectivity index (χ0v) is 20.6. The maximum absolute atomic E-state index is 15.1. The van der Waals surface area contributed by atoms with Crippen LogP contribution in [0.5, 0.6) is 0 Å². The Morgan fingerprint density at radius 3 is 2.51 bits per heavy atom. The highest BCUT2D eigenvalue weighted by Crippen LogP contribution is 2.39. The first kappa shape index (κ1) is 26.7. The van der Waals surface area contributed by atoms with Crippen molar-refractivity contribution in [2.75, 3.05) is 6.61 Å². The van der Waals surface area contributed by atoms with Crippen molar-refractivity contribution in [1.29, 1.82) is 0 Å². The van der Waals surface area contributed by atoms with Crippen molar-refractivity contribution in [3.63, 3.8) is 0 Å². The van der Waals surface area contributed by atoms with Crippen LogP contribution in [0.15, 0.2) is 41.3 Å². The predicted octanol–water partition coefficient (Wildman–Crippen LogP) is 5.82. The van der Waals surface area contributed by atoms with Crippen LogP contribution in [-0.2, 0) is 18.0 Å². The summed E-state index contributed by atoms with van der Waals surface area (Å²) in [5.74, 6) is -1.39. The molecule has 1 fully saturated rings. The number of halogens is 6. The minimum Gasteiger partial charge on any atom is -0.373 e. The van der Waals surface area contributed by atoms with E-state index >= 15 is 4.39 Å². The van der Waals surface area contributed by atoms with Gasteiger partial charge in [-0.1, -0.05) is 0 Å². The lowest BCUT2D eigenvalue weighted by Gasteiger charge is -2.29. The molecule has 3 aromatic heterocycles. The third-order valence-corrected chi connectivity index (χ3v) is 6.65. The number of hydrogen-bond acceptors (Lipinski definition) is 6. The lowest BCUT2D eigenvalue weighted by molar-refractivity contribution is -0.137. The minimum absolute atomic E-state index is 0.0821. The Balaban J connectivity index is 1.64. The van der Waals surface area contributed by atoms with Gasteiger partial charge in [0.1, 0.15) is 28.5 Å². The van der Waals surface area contributed by atoms with E-state index in [2.05, 4.69) is 19.9 Å². The summed E-state index contributed by atoms with van der Waals surface area (Å²) in [6, 6.07) is 4.97. The largest absolute Gasteiger partial charge is 0.416 e. The van der Waals surface area contributed by atoms with E-state index in [4.69, 9.17) is 4.74 Å². The van der Waals surface area contributed by atoms with Crippen LogP contribution in [0.3, 0.4) is 0 Å². The van der Waals surface area contributed by atoms with Gasteiger partial charge in [0.15, 0.2) is 5.65 Å². The van der Waals surface area contributed by atoms with Crippen LogP contribution in [-0.4, -0.2) is 31.1 Å². The fourth-order valence-electron chi connectivity index (χ4n) is 4.59. The molecule has 1 aliphatic rings. The normalized spacial score (nSPS) is 18.2. The van der Waals surface area contributed by atoms with Gasteiger partial charge in [0.25, 0.3) is 6.43 Å². The number of hydrogen-bond donors (Lipinski definition) is 0. The summed E-state index contributed by atoms with van der Waals surface area (Å²) in [5.41, 5.74) is -2.32. The van der Waals surface area contributed by atoms with Gasteiger partial charge in [0, 0.05) is 37.4 Å². The van der Waals surface area contributed by atoms with Gasteiger partial charge in [-0.25, -0.2) is 33.1 Å². The van der Waals surface area contributed by atoms with Crippen molar-refractivity contribution in [2.45, 2.75) is 44.4 Å². The molecule has 13 heteroatoms. The molecular formula is C26H21F6N5O2. The van der Waals surface area contributed by atoms with Crippen LogP contribution in [0.2, 0.25) is 0 Å². The fourth-order valence-corrected chi connectivity index (χ4v) is 4.59. The molecule has 0 aliphatic carbocycles. The zero-order valence-electron chi connectivity index (χ0n) is 20.6. The second-order valence-corrected chi connectivity index (χ2v) is 9.28. The average molecular weight is 549 g/mol. The van der Waals surface area contributed by atoms with E-state index in [9.17, 15) is 26.7 Å². The van der Waals surface area contributed by atoms with Crippen LogP contribution < -0.4 is 5.56 Å². The third kappa shape index (κ3) is 5.22. The number of ether oxygens (including phenoxy) is 1. The molecule has 0 amide bonds. The third-order valence-electron chi connectivity index (χ3n) is 6.65. The molecule has 0 unspecified atom stereocenters. The topological polar surface area (TPSA) is 82.8 Å². The van der Waals surface area contributed by atoms with E-state index in [1.807, 2.05) is 0 Å². The Bertz CT molecular complexity index is 1620. The smallest absolute Gasteiger partial charge is 0.373 e. The second kappa shape index (κ2) is 10.0. The first-order chi connectivity index (χ1) is 18.4. The first-order valence-electron chi connectivity index (χ1n) is 11.9. The van der Waals surface area contributed by atoms with Crippen molar-refractivity contribution in [3.8, 4) is 11.3 Å². The van der Waals surface area contributed by atoms with Gasteiger partial charge in [0.2, 0.25) is 5.56 Å². The highest BCUT2D eigenvalue weighted by Gasteiger charge is 2.33. The number of fused-ring (bicyclic) bond motifs is 1. The van der Waals surface area contributed by atoms with Crippen LogP contribution >= 0.6 is 0 Å². The standard InChI is InChI=1S/C26H21F6N5O2/c1-12-20(23(28)29)34-22-21(16-5-4-15(10-17(16)27)26(30,31)32)35-24(36-25(22)33-12)13-7-8-39-18(9-13)14-3-6-19(38)37(2)11-14/h3-6,10-11,13,18,23H,7-9H2,1-2H3/t13-,18+/m0/s1. The van der Waals surface area contributed by atoms with Gasteiger partial charge < -0.3 is 9.30 Å². The predicted molar refractivity (Wildman–Crippen MR) is 128 cm³/mol. The molecule has 1 saturated heterocycles. The summed E-state index contributed by atoms with van der Waals surface area (Å²) in [6.07, 6.45) is -5.71. The summed E-state index contributed by atoms with van der Waals surface area (Å²) in [7, 11) is 1.61. The summed E-state index contributed by atoms with van der Waals surface area (Å²) < 4.78 is 89.0. The molecule has 1 aromatic carbocycles. The first-order valence-corrected chi connectivity index (χ1v) is 11.9. The van der Waals surface area contributed by atoms with Crippen molar-refractivity contribution in [1.82, 2.24) is 24.5 Å². The van der Waals surface area contributed by atoms with E-state index in [0.717, 1.165) is 11.6 Å². The molecule has 0 bridgehead atoms. The molecule has 0 N–H and O–H groups in total. The SMILES string of the molecule is Cc1nc2nc([C@H]3CCO[C@@H](c4ccc(=O)n(C)c4)C3)nc(-c3ccc(C(F)(F)F)cc3F)c2nc1C(F)F. The highest BCUT2D eigenvalue weighted by molar-refractivity contribution is 5.87. The van der Waals surface area contributed by atoms with Gasteiger partial charge in [-0.2, -0.15) is 13.2 Å². The Kier molecular flexibility index (Phi) is 6.87. The Labute approximate surface area is 217 Å². The van der Waals surface area contributed by atoms with Crippen molar-refractivity contribution in [3.05, 3.63) is 81.0 Å². The van der Waals surface area contributed by atoms with Gasteiger partial charge >= 0.3 is 6.18 Å². The van der Waals surface area contributed by atoms with Gasteiger partial charge in [-0.05, 0) is 49.6 Å². The quantitative estimate of drug-likeness (QED) is 0.298. The maximum atomic E-state index is 15.1. The number of alkyl halides is 5. The molecule has 0 saturated carbocycles. The minimum atomic E-state index is -4.78. The Morgan fingerprint density at radius 2 is 1.85 bits per heavy atom. The van der Waals surface area contributed by atoms with E-state index in [-0.39, 0.29) is 45.4 Å². The van der Waals surface area contributed by atoms with Gasteiger partial charge in [-0.15, -0.1) is 0 Å². The molecule has 39 heavy (non-hydrogen) atoms. The highest BCUT2D eigenvalue weighted by atomic mass is 19.4. The van der Waals surface area contributed by atoms with E-state index < -0.39 is 35.8 Å². The number of rotatable bonds is 4. The van der Waals surface area contributed by atoms with Crippen LogP contribution in [0, 0.1) is 12.7 Å². The van der Waals surface area contributed by atoms with Crippen LogP contribution in [0.4, 0.5) is 26.3 Å². The van der Waals surface area contributed by atoms with Crippen molar-refractivity contribution in [2.24, 2.45) is 7.05 Å². The molecule has 7 nitrogen and oxygen atoms in total. The lowest BCUT2D eigenvalue weighted by Crippen LogP contribution is -2.23. The summed E-state index contributed by atoms with van der Waals surface area (Å²) >= 11 is 0. The van der Waals surface area contributed by atoms with Gasteiger partial charge in [0.05, 0.1) is 17.4 Å². The molecule has 5 rings (SSSR count). The fraction of sp³-hybridized carbons (Fsp3) is 0.346. The monoisotopic (exact) mass is 549 g/mol. The van der Waals surface area contributed by atoms with Crippen LogP contribution in [0.1, 0.15) is 59.6 Å². The number of nitrogens with zero attached hydrogens (tertiary/aromatic N) is 5. The summed E-state index contributed by atoms with van der Waals surface area (Å²) in [5, 5.41) is 0. The van der Waals surface area contributed by atoms with Gasteiger partial charge in [-0.3, -0.25) is 4.79 Å². The number of aromatic nitrogens is 5. The Morgan fingerprint density at radius 1 is 1.08 bits per heavy atom. The number of aryl methyl sites for hydroxylation is 2. The number of benzene rings is 1. The van der Waals surface area contributed by atoms with Crippen LogP contribution in [0.25, 0.3) is 22.4 Å². The molecule has 1 aliphatic heterocycles. The molecule has 204 valence electrons. The van der Waals surface area contributed by atoms with E-state index in [1.54, 1.807) is 19.3 Å². The molecule has 2 atom stereocenters. The lowest BCUT2D eigenvalue weighted by atomic mass is 9.91. The molecule has 4 aromatic rings. The number of pyridine rings is 1. The molecule has 0 radical (unpaired) electrons. The van der Waals surface area contributed by atoms with Crippen molar-refractivity contribution >= 4 is 11.2 Å².